The van der Waals surface area contributed by atoms with Crippen molar-refractivity contribution in [2.45, 2.75) is 46.1 Å². The maximum absolute atomic E-state index is 5.45. The number of morpholine rings is 1. The molecule has 0 unspecified atom stereocenters. The van der Waals surface area contributed by atoms with Gasteiger partial charge in [-0.05, 0) is 49.4 Å². The van der Waals surface area contributed by atoms with Crippen molar-refractivity contribution in [1.29, 1.82) is 0 Å². The number of piperidine rings is 1. The average molecular weight is 317 g/mol. The third kappa shape index (κ3) is 4.04. The van der Waals surface area contributed by atoms with Crippen LogP contribution in [-0.4, -0.2) is 49.3 Å². The maximum atomic E-state index is 5.45. The molecule has 4 heteroatoms. The van der Waals surface area contributed by atoms with Crippen LogP contribution >= 0.6 is 0 Å². The van der Waals surface area contributed by atoms with Gasteiger partial charge >= 0.3 is 0 Å². The van der Waals surface area contributed by atoms with Gasteiger partial charge in [-0.3, -0.25) is 4.90 Å². The minimum absolute atomic E-state index is 0.553. The molecule has 0 aliphatic carbocycles. The molecule has 0 saturated carbocycles. The van der Waals surface area contributed by atoms with Gasteiger partial charge in [0.15, 0.2) is 0 Å². The van der Waals surface area contributed by atoms with E-state index in [-0.39, 0.29) is 0 Å². The highest BCUT2D eigenvalue weighted by atomic mass is 16.5. The van der Waals surface area contributed by atoms with E-state index in [1.807, 2.05) is 0 Å². The second kappa shape index (κ2) is 7.63. The second-order valence-electron chi connectivity index (χ2n) is 7.40. The Labute approximate surface area is 140 Å². The molecule has 0 N–H and O–H groups in total. The number of hydrogen-bond acceptors (Lipinski definition) is 4. The number of ether oxygens (including phenoxy) is 1. The molecule has 0 bridgehead atoms. The summed E-state index contributed by atoms with van der Waals surface area (Å²) in [7, 11) is 0. The van der Waals surface area contributed by atoms with Crippen LogP contribution in [0.5, 0.6) is 0 Å². The first-order valence-electron chi connectivity index (χ1n) is 9.18. The number of aromatic nitrogens is 1. The standard InChI is InChI=1S/C19H31N3O/c1-15(2)14-22-7-5-4-6-18(22)17-13-20-19(12-16(17)3)21-8-10-23-11-9-21/h12-13,15,18H,4-11,14H2,1-3H3/t18-/m0/s1. The largest absolute Gasteiger partial charge is 0.378 e. The lowest BCUT2D eigenvalue weighted by molar-refractivity contribution is 0.122. The molecule has 1 atom stereocenters. The van der Waals surface area contributed by atoms with Gasteiger partial charge in [0.05, 0.1) is 13.2 Å². The van der Waals surface area contributed by atoms with E-state index in [0.717, 1.165) is 38.0 Å². The van der Waals surface area contributed by atoms with Gasteiger partial charge in [0.25, 0.3) is 0 Å². The fraction of sp³-hybridized carbons (Fsp3) is 0.737. The predicted molar refractivity (Wildman–Crippen MR) is 95.0 cm³/mol. The summed E-state index contributed by atoms with van der Waals surface area (Å²) >= 11 is 0. The van der Waals surface area contributed by atoms with E-state index in [0.29, 0.717) is 6.04 Å². The quantitative estimate of drug-likeness (QED) is 0.851. The van der Waals surface area contributed by atoms with Crippen LogP contribution < -0.4 is 4.90 Å². The van der Waals surface area contributed by atoms with Crippen LogP contribution in [-0.2, 0) is 4.74 Å². The molecule has 4 nitrogen and oxygen atoms in total. The molecule has 2 aliphatic rings. The van der Waals surface area contributed by atoms with Crippen molar-refractivity contribution in [3.05, 3.63) is 23.4 Å². The number of pyridine rings is 1. The molecular weight excluding hydrogens is 286 g/mol. The van der Waals surface area contributed by atoms with E-state index in [1.54, 1.807) is 0 Å². The van der Waals surface area contributed by atoms with Crippen molar-refractivity contribution >= 4 is 5.82 Å². The minimum Gasteiger partial charge on any atom is -0.378 e. The maximum Gasteiger partial charge on any atom is 0.128 e. The number of aryl methyl sites for hydroxylation is 1. The van der Waals surface area contributed by atoms with Crippen LogP contribution in [0, 0.1) is 12.8 Å². The Morgan fingerprint density at radius 3 is 2.70 bits per heavy atom. The lowest BCUT2D eigenvalue weighted by Crippen LogP contribution is -2.37. The van der Waals surface area contributed by atoms with Crippen LogP contribution in [0.4, 0.5) is 5.82 Å². The van der Waals surface area contributed by atoms with Crippen molar-refractivity contribution in [2.75, 3.05) is 44.3 Å². The van der Waals surface area contributed by atoms with Gasteiger partial charge in [0, 0.05) is 31.9 Å². The Kier molecular flexibility index (Phi) is 5.54. The zero-order chi connectivity index (χ0) is 16.2. The SMILES string of the molecule is Cc1cc(N2CCOCC2)ncc1[C@@H]1CCCCN1CC(C)C. The van der Waals surface area contributed by atoms with Gasteiger partial charge in [-0.25, -0.2) is 4.98 Å². The molecule has 2 fully saturated rings. The van der Waals surface area contributed by atoms with E-state index < -0.39 is 0 Å². The molecular formula is C19H31N3O. The van der Waals surface area contributed by atoms with Crippen LogP contribution in [0.1, 0.15) is 50.3 Å². The summed E-state index contributed by atoms with van der Waals surface area (Å²) in [4.78, 5) is 9.81. The van der Waals surface area contributed by atoms with Crippen LogP contribution in [0.25, 0.3) is 0 Å². The van der Waals surface area contributed by atoms with Crippen molar-refractivity contribution in [3.63, 3.8) is 0 Å². The molecule has 0 aromatic carbocycles. The monoisotopic (exact) mass is 317 g/mol. The van der Waals surface area contributed by atoms with E-state index in [2.05, 4.69) is 42.8 Å². The van der Waals surface area contributed by atoms with Crippen molar-refractivity contribution in [3.8, 4) is 0 Å². The number of nitrogens with zero attached hydrogens (tertiary/aromatic N) is 3. The molecule has 2 aliphatic heterocycles. The minimum atomic E-state index is 0.553. The topological polar surface area (TPSA) is 28.6 Å². The van der Waals surface area contributed by atoms with Gasteiger partial charge < -0.3 is 9.64 Å². The molecule has 2 saturated heterocycles. The first kappa shape index (κ1) is 16.7. The van der Waals surface area contributed by atoms with Crippen molar-refractivity contribution < 1.29 is 4.74 Å². The Hall–Kier alpha value is -1.13. The second-order valence-corrected chi connectivity index (χ2v) is 7.40. The summed E-state index contributed by atoms with van der Waals surface area (Å²) < 4.78 is 5.45. The van der Waals surface area contributed by atoms with Gasteiger partial charge in [0.1, 0.15) is 5.82 Å². The van der Waals surface area contributed by atoms with Crippen LogP contribution in [0.2, 0.25) is 0 Å². The van der Waals surface area contributed by atoms with Crippen LogP contribution in [0.3, 0.4) is 0 Å². The van der Waals surface area contributed by atoms with Gasteiger partial charge in [0.2, 0.25) is 0 Å². The summed E-state index contributed by atoms with van der Waals surface area (Å²) in [5, 5.41) is 0. The zero-order valence-corrected chi connectivity index (χ0v) is 14.9. The first-order chi connectivity index (χ1) is 11.1. The lowest BCUT2D eigenvalue weighted by atomic mass is 9.92. The van der Waals surface area contributed by atoms with Crippen molar-refractivity contribution in [1.82, 2.24) is 9.88 Å². The lowest BCUT2D eigenvalue weighted by Gasteiger charge is -2.38. The molecule has 3 heterocycles. The predicted octanol–water partition coefficient (Wildman–Crippen LogP) is 3.41. The summed E-state index contributed by atoms with van der Waals surface area (Å²) in [5.41, 5.74) is 2.82. The summed E-state index contributed by atoms with van der Waals surface area (Å²) in [6.07, 6.45) is 6.08. The van der Waals surface area contributed by atoms with Crippen molar-refractivity contribution in [2.24, 2.45) is 5.92 Å². The van der Waals surface area contributed by atoms with Gasteiger partial charge in [-0.2, -0.15) is 0 Å². The zero-order valence-electron chi connectivity index (χ0n) is 14.9. The number of rotatable bonds is 4. The molecule has 1 aromatic rings. The summed E-state index contributed by atoms with van der Waals surface area (Å²) in [6, 6.07) is 2.83. The number of hydrogen-bond donors (Lipinski definition) is 0. The summed E-state index contributed by atoms with van der Waals surface area (Å²) in [6.45, 7) is 12.8. The highest BCUT2D eigenvalue weighted by Crippen LogP contribution is 2.33. The molecule has 3 rings (SSSR count). The molecule has 128 valence electrons. The summed E-state index contributed by atoms with van der Waals surface area (Å²) in [5.74, 6) is 1.83. The molecule has 1 aromatic heterocycles. The van der Waals surface area contributed by atoms with E-state index >= 15 is 0 Å². The number of likely N-dealkylation sites (tertiary alicyclic amines) is 1. The highest BCUT2D eigenvalue weighted by molar-refractivity contribution is 5.44. The van der Waals surface area contributed by atoms with E-state index in [9.17, 15) is 0 Å². The Bertz CT molecular complexity index is 511. The molecule has 0 spiro atoms. The van der Waals surface area contributed by atoms with E-state index in [1.165, 1.54) is 43.5 Å². The highest BCUT2D eigenvalue weighted by Gasteiger charge is 2.26. The Morgan fingerprint density at radius 2 is 2.00 bits per heavy atom. The molecule has 0 amide bonds. The Morgan fingerprint density at radius 1 is 1.22 bits per heavy atom. The Balaban J connectivity index is 1.78. The first-order valence-corrected chi connectivity index (χ1v) is 9.18. The fourth-order valence-corrected chi connectivity index (χ4v) is 3.90. The van der Waals surface area contributed by atoms with Gasteiger partial charge in [-0.15, -0.1) is 0 Å². The normalized spacial score (nSPS) is 23.5. The third-order valence-electron chi connectivity index (χ3n) is 5.04. The molecule has 0 radical (unpaired) electrons. The fourth-order valence-electron chi connectivity index (χ4n) is 3.90. The number of anilines is 1. The van der Waals surface area contributed by atoms with E-state index in [4.69, 9.17) is 9.72 Å². The smallest absolute Gasteiger partial charge is 0.128 e. The average Bonchev–Trinajstić information content (AvgIpc) is 2.56. The van der Waals surface area contributed by atoms with Gasteiger partial charge in [-0.1, -0.05) is 20.3 Å². The van der Waals surface area contributed by atoms with Crippen LogP contribution in [0.15, 0.2) is 12.3 Å². The third-order valence-corrected chi connectivity index (χ3v) is 5.04. The molecule has 23 heavy (non-hydrogen) atoms.